The molecule has 0 fully saturated rings. The van der Waals surface area contributed by atoms with Crippen LogP contribution in [0.5, 0.6) is 0 Å². The molecule has 16 heavy (non-hydrogen) atoms. The number of aryl methyl sites for hydroxylation is 1. The lowest BCUT2D eigenvalue weighted by atomic mass is 10.2. The number of pyridine rings is 1. The van der Waals surface area contributed by atoms with Gasteiger partial charge in [0.15, 0.2) is 11.9 Å². The first kappa shape index (κ1) is 11.0. The first-order chi connectivity index (χ1) is 7.65. The maximum atomic E-state index is 11.6. The molecule has 2 aromatic heterocycles. The summed E-state index contributed by atoms with van der Waals surface area (Å²) in [5.74, 6) is 0. The van der Waals surface area contributed by atoms with E-state index in [-0.39, 0.29) is 0 Å². The van der Waals surface area contributed by atoms with E-state index in [2.05, 4.69) is 5.10 Å². The number of halogens is 1. The van der Waals surface area contributed by atoms with E-state index in [0.29, 0.717) is 16.4 Å². The smallest absolute Gasteiger partial charge is 0.245 e. The van der Waals surface area contributed by atoms with Crippen molar-refractivity contribution in [2.24, 2.45) is 0 Å². The average Bonchev–Trinajstić information content (AvgIpc) is 2.57. The molecule has 0 saturated carbocycles. The summed E-state index contributed by atoms with van der Waals surface area (Å²) in [5, 5.41) is 16.5. The van der Waals surface area contributed by atoms with E-state index in [1.54, 1.807) is 22.9 Å². The maximum absolute atomic E-state index is 11.6. The third-order valence-electron chi connectivity index (χ3n) is 2.50. The second-order valence-electron chi connectivity index (χ2n) is 3.48. The summed E-state index contributed by atoms with van der Waals surface area (Å²) in [6.07, 6.45) is 1.44. The third kappa shape index (κ3) is 1.65. The minimum atomic E-state index is 0.475. The highest BCUT2D eigenvalue weighted by atomic mass is 35.5. The first-order valence-electron chi connectivity index (χ1n) is 5.06. The van der Waals surface area contributed by atoms with Gasteiger partial charge in [0.25, 0.3) is 0 Å². The third-order valence-corrected chi connectivity index (χ3v) is 2.95. The fourth-order valence-corrected chi connectivity index (χ4v) is 1.84. The highest BCUT2D eigenvalue weighted by Crippen LogP contribution is 2.27. The molecule has 5 heteroatoms. The topological polar surface area (TPSA) is 44.8 Å². The zero-order chi connectivity index (χ0) is 11.7. The molecule has 0 atom stereocenters. The van der Waals surface area contributed by atoms with Gasteiger partial charge in [0.05, 0.1) is 10.7 Å². The van der Waals surface area contributed by atoms with Crippen LogP contribution < -0.4 is 4.73 Å². The summed E-state index contributed by atoms with van der Waals surface area (Å²) in [6.45, 7) is 4.61. The molecule has 0 amide bonds. The van der Waals surface area contributed by atoms with Gasteiger partial charge in [-0.2, -0.15) is 9.83 Å². The summed E-state index contributed by atoms with van der Waals surface area (Å²) in [6, 6.07) is 5.18. The zero-order valence-corrected chi connectivity index (χ0v) is 9.90. The SMILES string of the molecule is CCn1nc(-c2cccc[n+]2[O-])c(Cl)c1C. The Morgan fingerprint density at radius 1 is 1.50 bits per heavy atom. The Kier molecular flexibility index (Phi) is 2.83. The fourth-order valence-electron chi connectivity index (χ4n) is 1.61. The quantitative estimate of drug-likeness (QED) is 0.594. The normalized spacial score (nSPS) is 10.7. The summed E-state index contributed by atoms with van der Waals surface area (Å²) in [5.41, 5.74) is 1.89. The molecule has 0 aliphatic heterocycles. The molecule has 0 aliphatic rings. The lowest BCUT2D eigenvalue weighted by molar-refractivity contribution is -0.593. The van der Waals surface area contributed by atoms with Gasteiger partial charge in [0, 0.05) is 18.7 Å². The van der Waals surface area contributed by atoms with Gasteiger partial charge in [-0.3, -0.25) is 4.68 Å². The van der Waals surface area contributed by atoms with Crippen LogP contribution in [0.1, 0.15) is 12.6 Å². The van der Waals surface area contributed by atoms with Crippen LogP contribution in [0, 0.1) is 12.1 Å². The minimum Gasteiger partial charge on any atom is -0.618 e. The van der Waals surface area contributed by atoms with Crippen molar-refractivity contribution in [2.45, 2.75) is 20.4 Å². The van der Waals surface area contributed by atoms with Crippen molar-refractivity contribution in [1.82, 2.24) is 9.78 Å². The molecule has 0 bridgehead atoms. The molecule has 2 heterocycles. The van der Waals surface area contributed by atoms with Gasteiger partial charge in [-0.25, -0.2) is 0 Å². The fraction of sp³-hybridized carbons (Fsp3) is 0.273. The van der Waals surface area contributed by atoms with Gasteiger partial charge in [0.1, 0.15) is 0 Å². The van der Waals surface area contributed by atoms with Gasteiger partial charge < -0.3 is 5.21 Å². The molecule has 84 valence electrons. The van der Waals surface area contributed by atoms with Gasteiger partial charge in [-0.05, 0) is 19.9 Å². The first-order valence-corrected chi connectivity index (χ1v) is 5.44. The van der Waals surface area contributed by atoms with Crippen molar-refractivity contribution in [2.75, 3.05) is 0 Å². The molecule has 0 aromatic carbocycles. The Bertz CT molecular complexity index is 522. The number of aromatic nitrogens is 3. The van der Waals surface area contributed by atoms with E-state index in [1.807, 2.05) is 13.8 Å². The van der Waals surface area contributed by atoms with Crippen LogP contribution in [-0.2, 0) is 6.54 Å². The van der Waals surface area contributed by atoms with Crippen molar-refractivity contribution in [3.8, 4) is 11.4 Å². The monoisotopic (exact) mass is 237 g/mol. The minimum absolute atomic E-state index is 0.475. The average molecular weight is 238 g/mol. The largest absolute Gasteiger partial charge is 0.618 e. The second kappa shape index (κ2) is 4.14. The van der Waals surface area contributed by atoms with E-state index in [4.69, 9.17) is 11.6 Å². The molecule has 0 spiro atoms. The zero-order valence-electron chi connectivity index (χ0n) is 9.14. The molecule has 2 rings (SSSR count). The second-order valence-corrected chi connectivity index (χ2v) is 3.85. The standard InChI is InChI=1S/C11H12ClN3O/c1-3-14-8(2)10(12)11(13-14)9-6-4-5-7-15(9)16/h4-7H,3H2,1-2H3. The van der Waals surface area contributed by atoms with Crippen molar-refractivity contribution in [1.29, 1.82) is 0 Å². The predicted molar refractivity (Wildman–Crippen MR) is 62.0 cm³/mol. The van der Waals surface area contributed by atoms with Crippen LogP contribution in [0.2, 0.25) is 5.02 Å². The van der Waals surface area contributed by atoms with E-state index in [0.717, 1.165) is 17.0 Å². The van der Waals surface area contributed by atoms with Crippen LogP contribution in [0.4, 0.5) is 0 Å². The van der Waals surface area contributed by atoms with Crippen LogP contribution in [0.15, 0.2) is 24.4 Å². The van der Waals surface area contributed by atoms with E-state index in [1.165, 1.54) is 6.20 Å². The summed E-state index contributed by atoms with van der Waals surface area (Å²) in [7, 11) is 0. The molecule has 0 N–H and O–H groups in total. The Morgan fingerprint density at radius 3 is 2.81 bits per heavy atom. The van der Waals surface area contributed by atoms with Crippen LogP contribution >= 0.6 is 11.6 Å². The molecule has 0 saturated heterocycles. The Morgan fingerprint density at radius 2 is 2.25 bits per heavy atom. The summed E-state index contributed by atoms with van der Waals surface area (Å²) >= 11 is 6.16. The van der Waals surface area contributed by atoms with Crippen molar-refractivity contribution < 1.29 is 4.73 Å². The summed E-state index contributed by atoms with van der Waals surface area (Å²) < 4.78 is 2.55. The van der Waals surface area contributed by atoms with Gasteiger partial charge in [0.2, 0.25) is 5.69 Å². The van der Waals surface area contributed by atoms with E-state index in [9.17, 15) is 5.21 Å². The number of rotatable bonds is 2. The highest BCUT2D eigenvalue weighted by molar-refractivity contribution is 6.33. The van der Waals surface area contributed by atoms with Gasteiger partial charge in [-0.1, -0.05) is 11.6 Å². The number of hydrogen-bond donors (Lipinski definition) is 0. The van der Waals surface area contributed by atoms with Crippen molar-refractivity contribution in [3.05, 3.63) is 40.3 Å². The Hall–Kier alpha value is -1.55. The van der Waals surface area contributed by atoms with Gasteiger partial charge >= 0.3 is 0 Å². The lowest BCUT2D eigenvalue weighted by Crippen LogP contribution is -2.28. The van der Waals surface area contributed by atoms with Crippen molar-refractivity contribution in [3.63, 3.8) is 0 Å². The number of nitrogens with zero attached hydrogens (tertiary/aromatic N) is 3. The Labute approximate surface area is 98.7 Å². The van der Waals surface area contributed by atoms with Gasteiger partial charge in [-0.15, -0.1) is 0 Å². The lowest BCUT2D eigenvalue weighted by Gasteiger charge is -2.00. The van der Waals surface area contributed by atoms with Crippen LogP contribution in [0.3, 0.4) is 0 Å². The molecule has 0 unspecified atom stereocenters. The van der Waals surface area contributed by atoms with Crippen LogP contribution in [0.25, 0.3) is 11.4 Å². The molecule has 0 radical (unpaired) electrons. The molecular formula is C11H12ClN3O. The molecule has 4 nitrogen and oxygen atoms in total. The molecular weight excluding hydrogens is 226 g/mol. The van der Waals surface area contributed by atoms with E-state index >= 15 is 0 Å². The maximum Gasteiger partial charge on any atom is 0.245 e. The highest BCUT2D eigenvalue weighted by Gasteiger charge is 2.19. The van der Waals surface area contributed by atoms with Crippen molar-refractivity contribution >= 4 is 11.6 Å². The predicted octanol–water partition coefficient (Wildman–Crippen LogP) is 2.17. The molecule has 2 aromatic rings. The molecule has 0 aliphatic carbocycles. The summed E-state index contributed by atoms with van der Waals surface area (Å²) in [4.78, 5) is 0. The van der Waals surface area contributed by atoms with E-state index < -0.39 is 0 Å². The Balaban J connectivity index is 2.61. The number of hydrogen-bond acceptors (Lipinski definition) is 2. The van der Waals surface area contributed by atoms with Crippen LogP contribution in [-0.4, -0.2) is 9.78 Å².